The van der Waals surface area contributed by atoms with Crippen molar-refractivity contribution in [2.45, 2.75) is 19.6 Å². The first-order chi connectivity index (χ1) is 13.4. The van der Waals surface area contributed by atoms with Crippen LogP contribution in [0.3, 0.4) is 0 Å². The Bertz CT molecular complexity index is 778. The van der Waals surface area contributed by atoms with E-state index in [0.29, 0.717) is 0 Å². The summed E-state index contributed by atoms with van der Waals surface area (Å²) >= 11 is 0. The maximum absolute atomic E-state index is 2.27. The maximum atomic E-state index is 2.27. The molecule has 0 fully saturated rings. The van der Waals surface area contributed by atoms with E-state index in [4.69, 9.17) is 0 Å². The van der Waals surface area contributed by atoms with Crippen molar-refractivity contribution in [1.29, 1.82) is 0 Å². The second-order valence-electron chi connectivity index (χ2n) is 6.15. The largest absolute Gasteiger partial charge is 0.278 e. The van der Waals surface area contributed by atoms with Crippen LogP contribution in [0.2, 0.25) is 0 Å². The smallest absolute Gasteiger partial charge is 0.0619 e. The van der Waals surface area contributed by atoms with Crippen LogP contribution in [-0.2, 0) is 21.8 Å². The second kappa shape index (κ2) is 8.98. The summed E-state index contributed by atoms with van der Waals surface area (Å²) in [6.07, 6.45) is 0. The second-order valence-corrected chi connectivity index (χ2v) is 10.5. The highest BCUT2D eigenvalue weighted by Gasteiger charge is 2.38. The van der Waals surface area contributed by atoms with Crippen molar-refractivity contribution in [2.75, 3.05) is 5.08 Å². The zero-order valence-electron chi connectivity index (χ0n) is 15.1. The van der Waals surface area contributed by atoms with Gasteiger partial charge in [0.15, 0.2) is 19.6 Å². The molecule has 0 bridgehead atoms. The van der Waals surface area contributed by atoms with Crippen molar-refractivity contribution in [3.05, 3.63) is 121 Å². The summed E-state index contributed by atoms with van der Waals surface area (Å²) in [7, 11) is 0.0601. The molecule has 0 radical (unpaired) electrons. The molecule has 0 heterocycles. The molecule has 132 valence electrons. The summed E-state index contributed by atoms with van der Waals surface area (Å²) in [5.41, 5.74) is 0. The van der Waals surface area contributed by atoms with E-state index in [2.05, 4.69) is 121 Å². The molecule has 4 aromatic rings. The van der Waals surface area contributed by atoms with Crippen LogP contribution in [0, 0.1) is 0 Å². The Kier molecular flexibility index (Phi) is 5.98. The Labute approximate surface area is 167 Å². The van der Waals surface area contributed by atoms with E-state index in [-0.39, 0.29) is 21.8 Å². The van der Waals surface area contributed by atoms with E-state index in [9.17, 15) is 0 Å². The van der Waals surface area contributed by atoms with E-state index in [1.54, 1.807) is 0 Å². The molecule has 4 rings (SSSR count). The van der Waals surface area contributed by atoms with Crippen molar-refractivity contribution >= 4 is 21.8 Å². The summed E-state index contributed by atoms with van der Waals surface area (Å²) in [6, 6.07) is 43.8. The summed E-state index contributed by atoms with van der Waals surface area (Å²) in [6.45, 7) is 0. The normalized spacial score (nSPS) is 11.0. The van der Waals surface area contributed by atoms with Gasteiger partial charge in [-0.1, -0.05) is 72.8 Å². The summed E-state index contributed by atoms with van der Waals surface area (Å²) < 4.78 is 0. The average Bonchev–Trinajstić information content (AvgIpc) is 2.77. The number of hydrogen-bond acceptors (Lipinski definition) is 0. The lowest BCUT2D eigenvalue weighted by molar-refractivity contribution is 1.35. The first kappa shape index (κ1) is 18.0. The molecule has 0 N–H and O–H groups in total. The van der Waals surface area contributed by atoms with E-state index in [1.807, 2.05) is 0 Å². The standard InChI is InChI=1S/C25H22S2/c1-5-13-22(14-6-1)26(23-15-7-2-8-16-23)21-27(24-17-9-3-10-18-24)25-19-11-4-12-20-25/h1-20H,21H2/q+2. The van der Waals surface area contributed by atoms with Gasteiger partial charge in [-0.15, -0.1) is 0 Å². The fourth-order valence-corrected chi connectivity index (χ4v) is 8.61. The third-order valence-corrected chi connectivity index (χ3v) is 9.60. The molecular formula is C25H22S2+2. The minimum Gasteiger partial charge on any atom is -0.0619 e. The summed E-state index contributed by atoms with van der Waals surface area (Å²) in [4.78, 5) is 5.64. The Morgan fingerprint density at radius 2 is 0.556 bits per heavy atom. The van der Waals surface area contributed by atoms with Gasteiger partial charge in [-0.25, -0.2) is 0 Å². The highest BCUT2D eigenvalue weighted by molar-refractivity contribution is 8.13. The lowest BCUT2D eigenvalue weighted by atomic mass is 10.4. The molecule has 0 unspecified atom stereocenters. The first-order valence-electron chi connectivity index (χ1n) is 9.04. The Hall–Kier alpha value is -2.42. The van der Waals surface area contributed by atoms with Crippen LogP contribution < -0.4 is 0 Å². The molecule has 0 amide bonds. The highest BCUT2D eigenvalue weighted by Crippen LogP contribution is 2.32. The van der Waals surface area contributed by atoms with E-state index in [1.165, 1.54) is 19.6 Å². The van der Waals surface area contributed by atoms with Crippen molar-refractivity contribution in [2.24, 2.45) is 0 Å². The van der Waals surface area contributed by atoms with Gasteiger partial charge in [0.25, 0.3) is 5.08 Å². The molecular weight excluding hydrogens is 364 g/mol. The molecule has 2 heteroatoms. The van der Waals surface area contributed by atoms with Gasteiger partial charge in [0.1, 0.15) is 21.8 Å². The van der Waals surface area contributed by atoms with Gasteiger partial charge in [-0.05, 0) is 48.5 Å². The molecule has 0 aromatic heterocycles. The molecule has 27 heavy (non-hydrogen) atoms. The van der Waals surface area contributed by atoms with Crippen LogP contribution in [0.4, 0.5) is 0 Å². The van der Waals surface area contributed by atoms with Crippen molar-refractivity contribution in [3.8, 4) is 0 Å². The fourth-order valence-electron chi connectivity index (χ4n) is 3.00. The van der Waals surface area contributed by atoms with Crippen molar-refractivity contribution in [1.82, 2.24) is 0 Å². The van der Waals surface area contributed by atoms with Crippen molar-refractivity contribution in [3.63, 3.8) is 0 Å². The minimum atomic E-state index is 0.0300. The third-order valence-electron chi connectivity index (χ3n) is 4.35. The topological polar surface area (TPSA) is 0 Å². The van der Waals surface area contributed by atoms with Crippen LogP contribution in [0.1, 0.15) is 0 Å². The number of hydrogen-bond donors (Lipinski definition) is 0. The van der Waals surface area contributed by atoms with Gasteiger partial charge >= 0.3 is 0 Å². The van der Waals surface area contributed by atoms with Crippen LogP contribution in [0.5, 0.6) is 0 Å². The van der Waals surface area contributed by atoms with Crippen LogP contribution in [-0.4, -0.2) is 5.08 Å². The molecule has 0 aliphatic carbocycles. The molecule has 0 aliphatic heterocycles. The van der Waals surface area contributed by atoms with Crippen molar-refractivity contribution < 1.29 is 0 Å². The zero-order chi connectivity index (χ0) is 18.3. The van der Waals surface area contributed by atoms with Gasteiger partial charge < -0.3 is 0 Å². The highest BCUT2D eigenvalue weighted by atomic mass is 32.3. The van der Waals surface area contributed by atoms with Crippen LogP contribution in [0.15, 0.2) is 141 Å². The predicted molar refractivity (Wildman–Crippen MR) is 118 cm³/mol. The lowest BCUT2D eigenvalue weighted by Crippen LogP contribution is -2.19. The molecule has 0 aliphatic rings. The summed E-state index contributed by atoms with van der Waals surface area (Å²) in [5, 5.41) is 1.10. The quantitative estimate of drug-likeness (QED) is 0.336. The van der Waals surface area contributed by atoms with Gasteiger partial charge in [0.2, 0.25) is 0 Å². The Balaban J connectivity index is 1.77. The minimum absolute atomic E-state index is 0.0300. The van der Waals surface area contributed by atoms with Gasteiger partial charge in [0, 0.05) is 0 Å². The van der Waals surface area contributed by atoms with Gasteiger partial charge in [-0.2, -0.15) is 0 Å². The lowest BCUT2D eigenvalue weighted by Gasteiger charge is -2.10. The van der Waals surface area contributed by atoms with E-state index in [0.717, 1.165) is 5.08 Å². The number of rotatable bonds is 6. The molecule has 0 nitrogen and oxygen atoms in total. The molecule has 4 aromatic carbocycles. The molecule has 0 saturated carbocycles. The molecule has 0 saturated heterocycles. The predicted octanol–water partition coefficient (Wildman–Crippen LogP) is 6.42. The maximum Gasteiger partial charge on any atom is 0.278 e. The first-order valence-corrected chi connectivity index (χ1v) is 11.8. The van der Waals surface area contributed by atoms with Crippen LogP contribution >= 0.6 is 0 Å². The fraction of sp³-hybridized carbons (Fsp3) is 0.0400. The Morgan fingerprint density at radius 1 is 0.333 bits per heavy atom. The monoisotopic (exact) mass is 386 g/mol. The SMILES string of the molecule is c1ccc([S+](C[S+](c2ccccc2)c2ccccc2)c2ccccc2)cc1. The third kappa shape index (κ3) is 4.47. The van der Waals surface area contributed by atoms with Gasteiger partial charge in [-0.3, -0.25) is 0 Å². The van der Waals surface area contributed by atoms with E-state index < -0.39 is 0 Å². The van der Waals surface area contributed by atoms with Gasteiger partial charge in [0.05, 0.1) is 0 Å². The molecule has 0 spiro atoms. The van der Waals surface area contributed by atoms with Crippen LogP contribution in [0.25, 0.3) is 0 Å². The van der Waals surface area contributed by atoms with E-state index >= 15 is 0 Å². The Morgan fingerprint density at radius 3 is 0.778 bits per heavy atom. The summed E-state index contributed by atoms with van der Waals surface area (Å²) in [5.74, 6) is 0. The number of benzene rings is 4. The average molecular weight is 387 g/mol. The zero-order valence-corrected chi connectivity index (χ0v) is 16.7. The molecule has 0 atom stereocenters.